The van der Waals surface area contributed by atoms with Gasteiger partial charge in [0, 0.05) is 71.3 Å². The largest absolute Gasteiger partial charge is 0.460 e. The fourth-order valence-electron chi connectivity index (χ4n) is 9.21. The van der Waals surface area contributed by atoms with Gasteiger partial charge in [0.1, 0.15) is 11.3 Å². The number of benzene rings is 8. The number of thiophene rings is 1. The van der Waals surface area contributed by atoms with E-state index < -0.39 is 0 Å². The van der Waals surface area contributed by atoms with Gasteiger partial charge in [-0.3, -0.25) is 0 Å². The Morgan fingerprint density at radius 2 is 1.21 bits per heavy atom. The van der Waals surface area contributed by atoms with E-state index in [1.54, 1.807) is 0 Å². The summed E-state index contributed by atoms with van der Waals surface area (Å²) in [6, 6.07) is 66.2. The van der Waals surface area contributed by atoms with Crippen molar-refractivity contribution in [2.75, 3.05) is 4.90 Å². The number of para-hydroxylation sites is 3. The number of anilines is 3. The van der Waals surface area contributed by atoms with E-state index in [9.17, 15) is 0 Å². The first kappa shape index (κ1) is 31.5. The van der Waals surface area contributed by atoms with Crippen molar-refractivity contribution in [3.05, 3.63) is 199 Å². The molecule has 264 valence electrons. The molecule has 1 atom stereocenters. The van der Waals surface area contributed by atoms with Crippen LogP contribution < -0.4 is 4.90 Å². The van der Waals surface area contributed by atoms with E-state index in [1.807, 2.05) is 11.3 Å². The monoisotopic (exact) mass is 734 g/mol. The van der Waals surface area contributed by atoms with E-state index in [2.05, 4.69) is 198 Å². The lowest BCUT2D eigenvalue weighted by atomic mass is 9.84. The number of hydrogen-bond acceptors (Lipinski definition) is 3. The number of hydrogen-bond donors (Lipinski definition) is 0. The Labute approximate surface area is 327 Å². The van der Waals surface area contributed by atoms with E-state index in [-0.39, 0.29) is 5.92 Å². The molecule has 0 amide bonds. The molecule has 0 spiro atoms. The van der Waals surface area contributed by atoms with Crippen LogP contribution >= 0.6 is 11.3 Å². The first-order valence-corrected chi connectivity index (χ1v) is 20.1. The van der Waals surface area contributed by atoms with Gasteiger partial charge in [0.05, 0.1) is 16.7 Å². The lowest BCUT2D eigenvalue weighted by molar-refractivity contribution is 0.517. The highest BCUT2D eigenvalue weighted by Gasteiger charge is 2.31. The van der Waals surface area contributed by atoms with Crippen molar-refractivity contribution in [1.29, 1.82) is 0 Å². The summed E-state index contributed by atoms with van der Waals surface area (Å²) in [5, 5.41) is 8.78. The van der Waals surface area contributed by atoms with Crippen LogP contribution in [0, 0.1) is 0 Å². The SMILES string of the molecule is C1=C(n2c3ccccc3c3cc4ccccc4cc32)CC(c2ccc(N(c3ccccc3)c3cccc4sc5ccccc5c34)cc2)c2oc3ccccc3c21. The second-order valence-electron chi connectivity index (χ2n) is 14.8. The topological polar surface area (TPSA) is 21.3 Å². The Morgan fingerprint density at radius 3 is 2.07 bits per heavy atom. The van der Waals surface area contributed by atoms with Crippen LogP contribution in [0.2, 0.25) is 0 Å². The van der Waals surface area contributed by atoms with Crippen LogP contribution in [0.5, 0.6) is 0 Å². The molecule has 11 aromatic rings. The van der Waals surface area contributed by atoms with Gasteiger partial charge in [-0.05, 0) is 89.1 Å². The van der Waals surface area contributed by atoms with Crippen molar-refractivity contribution in [1.82, 2.24) is 4.57 Å². The van der Waals surface area contributed by atoms with Crippen molar-refractivity contribution in [3.8, 4) is 0 Å². The molecule has 0 saturated heterocycles. The van der Waals surface area contributed by atoms with Crippen molar-refractivity contribution in [2.24, 2.45) is 0 Å². The summed E-state index contributed by atoms with van der Waals surface area (Å²) in [6.07, 6.45) is 3.19. The highest BCUT2D eigenvalue weighted by atomic mass is 32.1. The third-order valence-electron chi connectivity index (χ3n) is 11.7. The maximum absolute atomic E-state index is 6.79. The molecule has 8 aromatic carbocycles. The summed E-state index contributed by atoms with van der Waals surface area (Å²) in [4.78, 5) is 2.41. The molecular weight excluding hydrogens is 701 g/mol. The zero-order chi connectivity index (χ0) is 36.7. The predicted molar refractivity (Wildman–Crippen MR) is 238 cm³/mol. The Hall–Kier alpha value is -6.88. The minimum atomic E-state index is 0.0255. The van der Waals surface area contributed by atoms with Crippen LogP contribution in [0.15, 0.2) is 186 Å². The van der Waals surface area contributed by atoms with Gasteiger partial charge >= 0.3 is 0 Å². The molecule has 1 aliphatic carbocycles. The second kappa shape index (κ2) is 12.3. The maximum Gasteiger partial charge on any atom is 0.134 e. The Bertz CT molecular complexity index is 3350. The third kappa shape index (κ3) is 4.76. The minimum absolute atomic E-state index is 0.0255. The minimum Gasteiger partial charge on any atom is -0.460 e. The Balaban J connectivity index is 1.03. The van der Waals surface area contributed by atoms with Crippen LogP contribution in [0.25, 0.3) is 75.5 Å². The molecular formula is C52H34N2OS. The van der Waals surface area contributed by atoms with Crippen molar-refractivity contribution < 1.29 is 4.42 Å². The van der Waals surface area contributed by atoms with Gasteiger partial charge in [0.15, 0.2) is 0 Å². The molecule has 12 rings (SSSR count). The zero-order valence-electron chi connectivity index (χ0n) is 30.4. The lowest BCUT2D eigenvalue weighted by Gasteiger charge is -2.28. The van der Waals surface area contributed by atoms with Gasteiger partial charge in [0.25, 0.3) is 0 Å². The molecule has 0 fully saturated rings. The average Bonchev–Trinajstić information content (AvgIpc) is 3.93. The molecule has 3 heterocycles. The van der Waals surface area contributed by atoms with E-state index in [0.717, 1.165) is 34.5 Å². The van der Waals surface area contributed by atoms with Gasteiger partial charge < -0.3 is 13.9 Å². The maximum atomic E-state index is 6.79. The smallest absolute Gasteiger partial charge is 0.134 e. The first-order chi connectivity index (χ1) is 27.8. The van der Waals surface area contributed by atoms with Crippen LogP contribution in [-0.2, 0) is 0 Å². The fraction of sp³-hybridized carbons (Fsp3) is 0.0385. The number of allylic oxidation sites excluding steroid dienone is 1. The number of nitrogens with zero attached hydrogens (tertiary/aromatic N) is 2. The molecule has 0 saturated carbocycles. The molecule has 56 heavy (non-hydrogen) atoms. The van der Waals surface area contributed by atoms with Crippen LogP contribution in [0.4, 0.5) is 17.1 Å². The third-order valence-corrected chi connectivity index (χ3v) is 12.9. The van der Waals surface area contributed by atoms with Crippen molar-refractivity contribution in [3.63, 3.8) is 0 Å². The quantitative estimate of drug-likeness (QED) is 0.176. The fourth-order valence-corrected chi connectivity index (χ4v) is 10.3. The number of rotatable bonds is 5. The van der Waals surface area contributed by atoms with Gasteiger partial charge in [-0.1, -0.05) is 115 Å². The van der Waals surface area contributed by atoms with Crippen LogP contribution in [0.1, 0.15) is 29.2 Å². The van der Waals surface area contributed by atoms with E-state index in [0.29, 0.717) is 0 Å². The van der Waals surface area contributed by atoms with E-state index in [1.165, 1.54) is 75.3 Å². The first-order valence-electron chi connectivity index (χ1n) is 19.3. The van der Waals surface area contributed by atoms with E-state index in [4.69, 9.17) is 4.42 Å². The second-order valence-corrected chi connectivity index (χ2v) is 15.9. The van der Waals surface area contributed by atoms with Gasteiger partial charge in [-0.2, -0.15) is 0 Å². The van der Waals surface area contributed by atoms with Gasteiger partial charge in [-0.25, -0.2) is 0 Å². The average molecular weight is 735 g/mol. The highest BCUT2D eigenvalue weighted by Crippen LogP contribution is 2.48. The predicted octanol–water partition coefficient (Wildman–Crippen LogP) is 15.1. The molecule has 0 N–H and O–H groups in total. The number of furan rings is 1. The molecule has 1 unspecified atom stereocenters. The van der Waals surface area contributed by atoms with E-state index >= 15 is 0 Å². The lowest BCUT2D eigenvalue weighted by Crippen LogP contribution is -2.12. The number of fused-ring (bicyclic) bond motifs is 10. The molecule has 3 nitrogen and oxygen atoms in total. The summed E-state index contributed by atoms with van der Waals surface area (Å²) in [7, 11) is 0. The van der Waals surface area contributed by atoms with Gasteiger partial charge in [0.2, 0.25) is 0 Å². The summed E-state index contributed by atoms with van der Waals surface area (Å²) >= 11 is 1.86. The Kier molecular flexibility index (Phi) is 6.92. The normalized spacial score (nSPS) is 14.3. The zero-order valence-corrected chi connectivity index (χ0v) is 31.2. The van der Waals surface area contributed by atoms with Crippen LogP contribution in [-0.4, -0.2) is 4.57 Å². The Morgan fingerprint density at radius 1 is 0.536 bits per heavy atom. The van der Waals surface area contributed by atoms with Crippen molar-refractivity contribution in [2.45, 2.75) is 12.3 Å². The summed E-state index contributed by atoms with van der Waals surface area (Å²) in [5.41, 5.74) is 10.5. The summed E-state index contributed by atoms with van der Waals surface area (Å²) < 4.78 is 11.9. The summed E-state index contributed by atoms with van der Waals surface area (Å²) in [5.74, 6) is 1.06. The van der Waals surface area contributed by atoms with Crippen LogP contribution in [0.3, 0.4) is 0 Å². The van der Waals surface area contributed by atoms with Gasteiger partial charge in [-0.15, -0.1) is 11.3 Å². The summed E-state index contributed by atoms with van der Waals surface area (Å²) in [6.45, 7) is 0. The molecule has 3 aromatic heterocycles. The van der Waals surface area contributed by atoms with Crippen molar-refractivity contribution >= 4 is 104 Å². The standard InChI is InChI=1S/C52H34N2OS/c1-2-15-36(16-3-1)53(46-21-12-24-50-51(46)41-19-8-11-23-49(41)56-50)37-27-25-33(26-28-37)42-31-38(32-44-40-18-7-10-22-48(40)55-52(42)44)54-45-20-9-6-17-39(45)43-29-34-13-4-5-14-35(34)30-47(43)54/h1-30,32,42H,31H2. The highest BCUT2D eigenvalue weighted by molar-refractivity contribution is 7.26. The molecule has 0 bridgehead atoms. The molecule has 0 radical (unpaired) electrons. The number of aromatic nitrogens is 1. The molecule has 1 aliphatic rings. The molecule has 4 heteroatoms. The molecule has 0 aliphatic heterocycles.